The topological polar surface area (TPSA) is 54.4 Å². The van der Waals surface area contributed by atoms with Crippen molar-refractivity contribution < 1.29 is 19.1 Å². The van der Waals surface area contributed by atoms with Gasteiger partial charge in [0.2, 0.25) is 0 Å². The number of hydrogen-bond donors (Lipinski definition) is 1. The van der Waals surface area contributed by atoms with Crippen LogP contribution in [-0.4, -0.2) is 16.9 Å². The molecule has 0 radical (unpaired) electrons. The van der Waals surface area contributed by atoms with Crippen molar-refractivity contribution in [1.82, 2.24) is 0 Å². The maximum Gasteiger partial charge on any atom is 0.306 e. The van der Waals surface area contributed by atoms with Gasteiger partial charge in [0.1, 0.15) is 5.82 Å². The van der Waals surface area contributed by atoms with Gasteiger partial charge in [0.25, 0.3) is 0 Å². The second kappa shape index (κ2) is 5.40. The van der Waals surface area contributed by atoms with Gasteiger partial charge >= 0.3 is 5.97 Å². The lowest BCUT2D eigenvalue weighted by molar-refractivity contribution is -0.142. The van der Waals surface area contributed by atoms with Gasteiger partial charge < -0.3 is 5.11 Å². The van der Waals surface area contributed by atoms with Gasteiger partial charge in [-0.15, -0.1) is 0 Å². The molecule has 0 aliphatic carbocycles. The Morgan fingerprint density at radius 3 is 2.35 bits per heavy atom. The zero-order valence-electron chi connectivity index (χ0n) is 9.41. The molecule has 17 heavy (non-hydrogen) atoms. The number of carbonyl (C=O) groups is 2. The molecule has 0 saturated carbocycles. The second-order valence-electron chi connectivity index (χ2n) is 3.90. The third-order valence-corrected chi connectivity index (χ3v) is 3.24. The average molecular weight is 303 g/mol. The highest BCUT2D eigenvalue weighted by Crippen LogP contribution is 2.22. The summed E-state index contributed by atoms with van der Waals surface area (Å²) < 4.78 is 14.1. The van der Waals surface area contributed by atoms with E-state index in [9.17, 15) is 14.0 Å². The van der Waals surface area contributed by atoms with Gasteiger partial charge in [-0.2, -0.15) is 0 Å². The maximum atomic E-state index is 13.5. The molecule has 0 aliphatic heterocycles. The number of aliphatic carboxylic acids is 1. The first-order chi connectivity index (χ1) is 7.84. The number of carboxylic acids is 1. The van der Waals surface area contributed by atoms with Crippen molar-refractivity contribution in [3.63, 3.8) is 0 Å². The molecular formula is C12H12BrFO3. The summed E-state index contributed by atoms with van der Waals surface area (Å²) >= 11 is 3.09. The summed E-state index contributed by atoms with van der Waals surface area (Å²) in [5, 5.41) is 8.81. The maximum absolute atomic E-state index is 13.5. The van der Waals surface area contributed by atoms with Gasteiger partial charge in [-0.05, 0) is 18.2 Å². The number of rotatable bonds is 4. The Kier molecular flexibility index (Phi) is 4.40. The van der Waals surface area contributed by atoms with Crippen molar-refractivity contribution in [2.75, 3.05) is 0 Å². The van der Waals surface area contributed by atoms with E-state index in [1.54, 1.807) is 6.07 Å². The summed E-state index contributed by atoms with van der Waals surface area (Å²) in [6, 6.07) is 4.09. The molecule has 0 aliphatic rings. The number of carboxylic acid groups (broad SMARTS) is 1. The lowest BCUT2D eigenvalue weighted by atomic mass is 9.88. The molecule has 1 N–H and O–H groups in total. The number of ketones is 1. The van der Waals surface area contributed by atoms with Crippen LogP contribution in [0.5, 0.6) is 0 Å². The van der Waals surface area contributed by atoms with Crippen molar-refractivity contribution in [2.24, 2.45) is 11.8 Å². The predicted octanol–water partition coefficient (Wildman–Crippen LogP) is 3.13. The minimum atomic E-state index is -1.07. The molecule has 0 heterocycles. The Bertz CT molecular complexity index is 459. The Morgan fingerprint density at radius 1 is 1.29 bits per heavy atom. The summed E-state index contributed by atoms with van der Waals surface area (Å²) in [4.78, 5) is 22.7. The van der Waals surface area contributed by atoms with Crippen LogP contribution < -0.4 is 0 Å². The fourth-order valence-corrected chi connectivity index (χ4v) is 1.71. The van der Waals surface area contributed by atoms with Crippen LogP contribution in [0.4, 0.5) is 4.39 Å². The smallest absolute Gasteiger partial charge is 0.306 e. The number of carbonyl (C=O) groups excluding carboxylic acids is 1. The third-order valence-electron chi connectivity index (χ3n) is 2.75. The molecule has 92 valence electrons. The van der Waals surface area contributed by atoms with Gasteiger partial charge in [-0.3, -0.25) is 9.59 Å². The minimum Gasteiger partial charge on any atom is -0.481 e. The Labute approximate surface area is 107 Å². The van der Waals surface area contributed by atoms with Crippen LogP contribution in [0.1, 0.15) is 24.2 Å². The number of benzene rings is 1. The van der Waals surface area contributed by atoms with Crippen LogP contribution in [0.2, 0.25) is 0 Å². The first-order valence-corrected chi connectivity index (χ1v) is 5.86. The molecule has 2 atom stereocenters. The number of hydrogen-bond acceptors (Lipinski definition) is 2. The Hall–Kier alpha value is -1.23. The molecule has 0 fully saturated rings. The molecule has 1 rings (SSSR count). The van der Waals surface area contributed by atoms with E-state index in [0.29, 0.717) is 4.47 Å². The van der Waals surface area contributed by atoms with Gasteiger partial charge in [0, 0.05) is 10.4 Å². The lowest BCUT2D eigenvalue weighted by Crippen LogP contribution is -2.26. The van der Waals surface area contributed by atoms with E-state index in [1.807, 2.05) is 0 Å². The van der Waals surface area contributed by atoms with Crippen molar-refractivity contribution in [3.05, 3.63) is 34.1 Å². The summed E-state index contributed by atoms with van der Waals surface area (Å²) in [6.45, 7) is 2.92. The average Bonchev–Trinajstić information content (AvgIpc) is 2.26. The van der Waals surface area contributed by atoms with E-state index in [-0.39, 0.29) is 5.56 Å². The molecular weight excluding hydrogens is 291 g/mol. The fraction of sp³-hybridized carbons (Fsp3) is 0.333. The zero-order chi connectivity index (χ0) is 13.2. The lowest BCUT2D eigenvalue weighted by Gasteiger charge is -2.15. The molecule has 0 aromatic heterocycles. The highest BCUT2D eigenvalue weighted by molar-refractivity contribution is 9.10. The van der Waals surface area contributed by atoms with Crippen molar-refractivity contribution in [3.8, 4) is 0 Å². The quantitative estimate of drug-likeness (QED) is 0.869. The standard InChI is InChI=1S/C12H12BrFO3/c1-6(7(2)12(16)17)11(15)9-4-3-8(13)5-10(9)14/h3-7H,1-2H3,(H,16,17). The predicted molar refractivity (Wildman–Crippen MR) is 64.4 cm³/mol. The van der Waals surface area contributed by atoms with Crippen LogP contribution in [0.3, 0.4) is 0 Å². The number of Topliss-reactive ketones (excluding diaryl/α,β-unsaturated/α-hetero) is 1. The van der Waals surface area contributed by atoms with Crippen molar-refractivity contribution in [1.29, 1.82) is 0 Å². The van der Waals surface area contributed by atoms with Gasteiger partial charge in [-0.25, -0.2) is 4.39 Å². The third kappa shape index (κ3) is 3.12. The van der Waals surface area contributed by atoms with E-state index in [1.165, 1.54) is 26.0 Å². The molecule has 2 unspecified atom stereocenters. The summed E-state index contributed by atoms with van der Waals surface area (Å²) in [5.41, 5.74) is -0.0752. The second-order valence-corrected chi connectivity index (χ2v) is 4.82. The van der Waals surface area contributed by atoms with E-state index in [2.05, 4.69) is 15.9 Å². The van der Waals surface area contributed by atoms with E-state index >= 15 is 0 Å². The minimum absolute atomic E-state index is 0.0752. The van der Waals surface area contributed by atoms with Crippen LogP contribution in [0.15, 0.2) is 22.7 Å². The molecule has 0 amide bonds. The molecule has 0 saturated heterocycles. The molecule has 0 bridgehead atoms. The van der Waals surface area contributed by atoms with Gasteiger partial charge in [-0.1, -0.05) is 29.8 Å². The fourth-order valence-electron chi connectivity index (χ4n) is 1.38. The van der Waals surface area contributed by atoms with Gasteiger partial charge in [0.05, 0.1) is 11.5 Å². The molecule has 0 spiro atoms. The first kappa shape index (κ1) is 13.8. The van der Waals surface area contributed by atoms with E-state index in [0.717, 1.165) is 0 Å². The van der Waals surface area contributed by atoms with Crippen LogP contribution in [-0.2, 0) is 4.79 Å². The Morgan fingerprint density at radius 2 is 1.88 bits per heavy atom. The first-order valence-electron chi connectivity index (χ1n) is 5.06. The normalized spacial score (nSPS) is 14.1. The van der Waals surface area contributed by atoms with Crippen LogP contribution in [0.25, 0.3) is 0 Å². The largest absolute Gasteiger partial charge is 0.481 e. The van der Waals surface area contributed by atoms with E-state index < -0.39 is 29.4 Å². The van der Waals surface area contributed by atoms with Gasteiger partial charge in [0.15, 0.2) is 5.78 Å². The van der Waals surface area contributed by atoms with Crippen LogP contribution in [0, 0.1) is 17.7 Å². The SMILES string of the molecule is CC(C(=O)O)C(C)C(=O)c1ccc(Br)cc1F. The molecule has 3 nitrogen and oxygen atoms in total. The molecule has 1 aromatic rings. The van der Waals surface area contributed by atoms with E-state index in [4.69, 9.17) is 5.11 Å². The van der Waals surface area contributed by atoms with Crippen molar-refractivity contribution in [2.45, 2.75) is 13.8 Å². The summed E-state index contributed by atoms with van der Waals surface area (Å²) in [6.07, 6.45) is 0. The Balaban J connectivity index is 3.00. The molecule has 5 heteroatoms. The zero-order valence-corrected chi connectivity index (χ0v) is 11.0. The summed E-state index contributed by atoms with van der Waals surface area (Å²) in [5.74, 6) is -3.81. The van der Waals surface area contributed by atoms with Crippen molar-refractivity contribution >= 4 is 27.7 Å². The monoisotopic (exact) mass is 302 g/mol. The molecule has 1 aromatic carbocycles. The van der Waals surface area contributed by atoms with Crippen LogP contribution >= 0.6 is 15.9 Å². The highest BCUT2D eigenvalue weighted by Gasteiger charge is 2.28. The number of halogens is 2. The highest BCUT2D eigenvalue weighted by atomic mass is 79.9. The summed E-state index contributed by atoms with van der Waals surface area (Å²) in [7, 11) is 0.